The SMILES string of the molecule is COCC(CNC1CC1)OCCC1CCCN1C. The van der Waals surface area contributed by atoms with Crippen molar-refractivity contribution in [1.29, 1.82) is 0 Å². The minimum absolute atomic E-state index is 0.210. The normalized spacial score (nSPS) is 26.7. The topological polar surface area (TPSA) is 33.7 Å². The van der Waals surface area contributed by atoms with Crippen LogP contribution in [0.3, 0.4) is 0 Å². The van der Waals surface area contributed by atoms with E-state index in [0.717, 1.165) is 31.7 Å². The van der Waals surface area contributed by atoms with Gasteiger partial charge in [-0.1, -0.05) is 0 Å². The molecule has 2 unspecified atom stereocenters. The lowest BCUT2D eigenvalue weighted by Crippen LogP contribution is -2.35. The van der Waals surface area contributed by atoms with Crippen molar-refractivity contribution in [1.82, 2.24) is 10.2 Å². The monoisotopic (exact) mass is 256 g/mol. The van der Waals surface area contributed by atoms with E-state index in [-0.39, 0.29) is 6.10 Å². The third-order valence-electron chi connectivity index (χ3n) is 4.04. The van der Waals surface area contributed by atoms with Gasteiger partial charge in [0.15, 0.2) is 0 Å². The molecule has 0 aromatic carbocycles. The number of ether oxygens (including phenoxy) is 2. The molecule has 0 spiro atoms. The molecule has 4 nitrogen and oxygen atoms in total. The minimum atomic E-state index is 0.210. The fourth-order valence-corrected chi connectivity index (χ4v) is 2.65. The zero-order chi connectivity index (χ0) is 12.8. The first-order valence-electron chi connectivity index (χ1n) is 7.33. The average Bonchev–Trinajstić information content (AvgIpc) is 3.10. The number of hydrogen-bond acceptors (Lipinski definition) is 4. The fourth-order valence-electron chi connectivity index (χ4n) is 2.65. The van der Waals surface area contributed by atoms with Crippen LogP contribution in [-0.2, 0) is 9.47 Å². The first-order valence-corrected chi connectivity index (χ1v) is 7.33. The molecule has 2 atom stereocenters. The molecule has 1 saturated carbocycles. The lowest BCUT2D eigenvalue weighted by molar-refractivity contribution is -0.00689. The van der Waals surface area contributed by atoms with Gasteiger partial charge >= 0.3 is 0 Å². The molecular formula is C14H28N2O2. The number of nitrogens with one attached hydrogen (secondary N) is 1. The second-order valence-electron chi connectivity index (χ2n) is 5.70. The summed E-state index contributed by atoms with van der Waals surface area (Å²) in [6, 6.07) is 1.47. The summed E-state index contributed by atoms with van der Waals surface area (Å²) in [4.78, 5) is 2.46. The second-order valence-corrected chi connectivity index (χ2v) is 5.70. The predicted octanol–water partition coefficient (Wildman–Crippen LogP) is 1.25. The van der Waals surface area contributed by atoms with Crippen molar-refractivity contribution < 1.29 is 9.47 Å². The summed E-state index contributed by atoms with van der Waals surface area (Å²) < 4.78 is 11.2. The van der Waals surface area contributed by atoms with Crippen molar-refractivity contribution >= 4 is 0 Å². The van der Waals surface area contributed by atoms with Crippen molar-refractivity contribution in [3.8, 4) is 0 Å². The first kappa shape index (κ1) is 14.3. The molecule has 106 valence electrons. The summed E-state index contributed by atoms with van der Waals surface area (Å²) in [7, 11) is 3.97. The van der Waals surface area contributed by atoms with E-state index in [0.29, 0.717) is 6.61 Å². The Hall–Kier alpha value is -0.160. The summed E-state index contributed by atoms with van der Waals surface area (Å²) in [6.07, 6.45) is 6.68. The predicted molar refractivity (Wildman–Crippen MR) is 72.9 cm³/mol. The van der Waals surface area contributed by atoms with E-state index in [1.165, 1.54) is 32.2 Å². The molecule has 0 radical (unpaired) electrons. The van der Waals surface area contributed by atoms with Gasteiger partial charge in [0.1, 0.15) is 0 Å². The van der Waals surface area contributed by atoms with Gasteiger partial charge in [-0.3, -0.25) is 0 Å². The van der Waals surface area contributed by atoms with E-state index in [1.54, 1.807) is 7.11 Å². The van der Waals surface area contributed by atoms with Crippen LogP contribution in [0.4, 0.5) is 0 Å². The van der Waals surface area contributed by atoms with Gasteiger partial charge in [0, 0.05) is 32.3 Å². The van der Waals surface area contributed by atoms with Gasteiger partial charge in [0.05, 0.1) is 12.7 Å². The molecule has 1 N–H and O–H groups in total. The molecule has 1 aliphatic carbocycles. The average molecular weight is 256 g/mol. The molecule has 4 heteroatoms. The Labute approximate surface area is 111 Å². The van der Waals surface area contributed by atoms with Crippen LogP contribution >= 0.6 is 0 Å². The van der Waals surface area contributed by atoms with E-state index < -0.39 is 0 Å². The molecule has 1 heterocycles. The quantitative estimate of drug-likeness (QED) is 0.673. The van der Waals surface area contributed by atoms with Crippen LogP contribution in [0.1, 0.15) is 32.1 Å². The highest BCUT2D eigenvalue weighted by Gasteiger charge is 2.23. The standard InChI is InChI=1S/C14H28N2O2/c1-16-8-3-4-13(16)7-9-18-14(11-17-2)10-15-12-5-6-12/h12-15H,3-11H2,1-2H3. The van der Waals surface area contributed by atoms with Gasteiger partial charge in [-0.15, -0.1) is 0 Å². The molecular weight excluding hydrogens is 228 g/mol. The summed E-state index contributed by atoms with van der Waals surface area (Å²) in [5.41, 5.74) is 0. The van der Waals surface area contributed by atoms with Crippen LogP contribution < -0.4 is 5.32 Å². The summed E-state index contributed by atoms with van der Waals surface area (Å²) >= 11 is 0. The third kappa shape index (κ3) is 4.84. The van der Waals surface area contributed by atoms with Gasteiger partial charge in [-0.05, 0) is 45.7 Å². The van der Waals surface area contributed by atoms with E-state index in [2.05, 4.69) is 17.3 Å². The number of hydrogen-bond donors (Lipinski definition) is 1. The van der Waals surface area contributed by atoms with Crippen molar-refractivity contribution in [2.45, 2.75) is 50.3 Å². The van der Waals surface area contributed by atoms with Crippen LogP contribution in [-0.4, -0.2) is 63.5 Å². The molecule has 2 fully saturated rings. The third-order valence-corrected chi connectivity index (χ3v) is 4.04. The molecule has 0 aromatic rings. The van der Waals surface area contributed by atoms with Crippen LogP contribution in [0.25, 0.3) is 0 Å². The van der Waals surface area contributed by atoms with Gasteiger partial charge in [0.2, 0.25) is 0 Å². The van der Waals surface area contributed by atoms with E-state index in [9.17, 15) is 0 Å². The Morgan fingerprint density at radius 2 is 2.17 bits per heavy atom. The largest absolute Gasteiger partial charge is 0.382 e. The number of nitrogens with zero attached hydrogens (tertiary/aromatic N) is 1. The van der Waals surface area contributed by atoms with Crippen LogP contribution in [0.2, 0.25) is 0 Å². The van der Waals surface area contributed by atoms with Gasteiger partial charge in [0.25, 0.3) is 0 Å². The van der Waals surface area contributed by atoms with E-state index in [1.807, 2.05) is 0 Å². The maximum absolute atomic E-state index is 5.96. The number of rotatable bonds is 9. The zero-order valence-corrected chi connectivity index (χ0v) is 11.9. The molecule has 0 bridgehead atoms. The maximum Gasteiger partial charge on any atom is 0.0932 e. The first-order chi connectivity index (χ1) is 8.79. The lowest BCUT2D eigenvalue weighted by atomic mass is 10.1. The summed E-state index contributed by atoms with van der Waals surface area (Å²) in [5, 5.41) is 3.51. The number of likely N-dealkylation sites (tertiary alicyclic amines) is 1. The molecule has 2 rings (SSSR count). The highest BCUT2D eigenvalue weighted by molar-refractivity contribution is 4.82. The highest BCUT2D eigenvalue weighted by Crippen LogP contribution is 2.19. The van der Waals surface area contributed by atoms with Crippen molar-refractivity contribution in [3.05, 3.63) is 0 Å². The second kappa shape index (κ2) is 7.43. The minimum Gasteiger partial charge on any atom is -0.382 e. The molecule has 2 aliphatic rings. The van der Waals surface area contributed by atoms with E-state index >= 15 is 0 Å². The van der Waals surface area contributed by atoms with Crippen molar-refractivity contribution in [2.24, 2.45) is 0 Å². The summed E-state index contributed by atoms with van der Waals surface area (Å²) in [6.45, 7) is 3.73. The van der Waals surface area contributed by atoms with Crippen molar-refractivity contribution in [3.63, 3.8) is 0 Å². The van der Waals surface area contributed by atoms with Gasteiger partial charge in [-0.2, -0.15) is 0 Å². The van der Waals surface area contributed by atoms with Crippen LogP contribution in [0, 0.1) is 0 Å². The van der Waals surface area contributed by atoms with Crippen LogP contribution in [0.15, 0.2) is 0 Å². The number of methoxy groups -OCH3 is 1. The Balaban J connectivity index is 1.58. The van der Waals surface area contributed by atoms with Crippen LogP contribution in [0.5, 0.6) is 0 Å². The Morgan fingerprint density at radius 3 is 2.78 bits per heavy atom. The van der Waals surface area contributed by atoms with Crippen molar-refractivity contribution in [2.75, 3.05) is 40.5 Å². The molecule has 1 saturated heterocycles. The van der Waals surface area contributed by atoms with E-state index in [4.69, 9.17) is 9.47 Å². The van der Waals surface area contributed by atoms with Gasteiger partial charge in [-0.25, -0.2) is 0 Å². The lowest BCUT2D eigenvalue weighted by Gasteiger charge is -2.22. The zero-order valence-electron chi connectivity index (χ0n) is 11.9. The highest BCUT2D eigenvalue weighted by atomic mass is 16.5. The smallest absolute Gasteiger partial charge is 0.0932 e. The Kier molecular flexibility index (Phi) is 5.89. The Bertz CT molecular complexity index is 234. The molecule has 18 heavy (non-hydrogen) atoms. The van der Waals surface area contributed by atoms with Gasteiger partial charge < -0.3 is 19.7 Å². The molecule has 1 aliphatic heterocycles. The Morgan fingerprint density at radius 1 is 1.33 bits per heavy atom. The maximum atomic E-state index is 5.96. The fraction of sp³-hybridized carbons (Fsp3) is 1.00. The summed E-state index contributed by atoms with van der Waals surface area (Å²) in [5.74, 6) is 0. The molecule has 0 amide bonds. The molecule has 0 aromatic heterocycles.